The van der Waals surface area contributed by atoms with Crippen molar-refractivity contribution >= 4 is 5.91 Å². The van der Waals surface area contributed by atoms with Gasteiger partial charge >= 0.3 is 0 Å². The Morgan fingerprint density at radius 2 is 1.95 bits per heavy atom. The fourth-order valence-electron chi connectivity index (χ4n) is 1.79. The Hall–Kier alpha value is -2.07. The third-order valence-corrected chi connectivity index (χ3v) is 3.17. The Balaban J connectivity index is 2.09. The number of carbonyl (C=O) groups excluding carboxylic acids is 1. The van der Waals surface area contributed by atoms with Crippen molar-refractivity contribution in [3.8, 4) is 5.69 Å². The van der Waals surface area contributed by atoms with Crippen molar-refractivity contribution in [2.24, 2.45) is 5.41 Å². The van der Waals surface area contributed by atoms with Crippen molar-refractivity contribution in [1.82, 2.24) is 9.88 Å². The summed E-state index contributed by atoms with van der Waals surface area (Å²) in [4.78, 5) is 12.1. The van der Waals surface area contributed by atoms with E-state index in [2.05, 4.69) is 5.32 Å². The Bertz CT molecular complexity index is 574. The number of amides is 1. The van der Waals surface area contributed by atoms with Gasteiger partial charge in [-0.2, -0.15) is 0 Å². The highest BCUT2D eigenvalue weighted by molar-refractivity contribution is 5.94. The lowest BCUT2D eigenvalue weighted by Crippen LogP contribution is -2.36. The predicted molar refractivity (Wildman–Crippen MR) is 79.0 cm³/mol. The third kappa shape index (κ3) is 3.48. The molecule has 0 fully saturated rings. The molecule has 0 saturated heterocycles. The van der Waals surface area contributed by atoms with Gasteiger partial charge in [0.2, 0.25) is 0 Å². The molecule has 2 rings (SSSR count). The Labute approximate surface area is 119 Å². The maximum atomic E-state index is 12.1. The highest BCUT2D eigenvalue weighted by atomic mass is 16.3. The van der Waals surface area contributed by atoms with Gasteiger partial charge in [0, 0.05) is 42.2 Å². The Morgan fingerprint density at radius 1 is 1.25 bits per heavy atom. The van der Waals surface area contributed by atoms with Gasteiger partial charge in [-0.1, -0.05) is 19.9 Å². The summed E-state index contributed by atoms with van der Waals surface area (Å²) in [5, 5.41) is 12.0. The van der Waals surface area contributed by atoms with Crippen LogP contribution in [-0.4, -0.2) is 28.7 Å². The maximum absolute atomic E-state index is 12.1. The van der Waals surface area contributed by atoms with E-state index < -0.39 is 0 Å². The maximum Gasteiger partial charge on any atom is 0.251 e. The fourth-order valence-corrected chi connectivity index (χ4v) is 1.79. The number of aliphatic hydroxyl groups excluding tert-OH is 1. The van der Waals surface area contributed by atoms with Crippen LogP contribution in [-0.2, 0) is 0 Å². The molecule has 0 atom stereocenters. The highest BCUT2D eigenvalue weighted by Gasteiger charge is 2.18. The first-order valence-corrected chi connectivity index (χ1v) is 6.64. The van der Waals surface area contributed by atoms with E-state index in [0.717, 1.165) is 5.69 Å². The van der Waals surface area contributed by atoms with Crippen molar-refractivity contribution in [3.05, 3.63) is 54.4 Å². The Kier molecular flexibility index (Phi) is 4.25. The van der Waals surface area contributed by atoms with E-state index in [-0.39, 0.29) is 17.9 Å². The van der Waals surface area contributed by atoms with Crippen LogP contribution in [0.25, 0.3) is 5.69 Å². The summed E-state index contributed by atoms with van der Waals surface area (Å²) >= 11 is 0. The molecule has 2 N–H and O–H groups in total. The second-order valence-corrected chi connectivity index (χ2v) is 5.65. The number of benzene rings is 1. The van der Waals surface area contributed by atoms with Gasteiger partial charge in [-0.3, -0.25) is 4.79 Å². The molecule has 0 aliphatic heterocycles. The molecule has 0 bridgehead atoms. The Morgan fingerprint density at radius 3 is 2.60 bits per heavy atom. The molecule has 20 heavy (non-hydrogen) atoms. The normalized spacial score (nSPS) is 11.3. The van der Waals surface area contributed by atoms with Crippen LogP contribution in [0.2, 0.25) is 0 Å². The van der Waals surface area contributed by atoms with E-state index in [1.165, 1.54) is 0 Å². The average molecular weight is 272 g/mol. The third-order valence-electron chi connectivity index (χ3n) is 3.17. The van der Waals surface area contributed by atoms with Gasteiger partial charge in [0.15, 0.2) is 0 Å². The summed E-state index contributed by atoms with van der Waals surface area (Å²) in [5.74, 6) is -0.125. The second kappa shape index (κ2) is 5.92. The zero-order valence-electron chi connectivity index (χ0n) is 11.8. The summed E-state index contributed by atoms with van der Waals surface area (Å²) in [6.45, 7) is 4.29. The molecule has 4 heteroatoms. The van der Waals surface area contributed by atoms with Gasteiger partial charge < -0.3 is 15.0 Å². The molecule has 0 unspecified atom stereocenters. The highest BCUT2D eigenvalue weighted by Crippen LogP contribution is 2.13. The fraction of sp³-hybridized carbons (Fsp3) is 0.312. The van der Waals surface area contributed by atoms with E-state index in [0.29, 0.717) is 12.1 Å². The summed E-state index contributed by atoms with van der Waals surface area (Å²) in [7, 11) is 0. The lowest BCUT2D eigenvalue weighted by atomic mass is 9.95. The largest absolute Gasteiger partial charge is 0.396 e. The van der Waals surface area contributed by atoms with Crippen molar-refractivity contribution in [2.75, 3.05) is 13.2 Å². The number of rotatable bonds is 5. The van der Waals surface area contributed by atoms with Gasteiger partial charge in [-0.05, 0) is 30.3 Å². The summed E-state index contributed by atoms with van der Waals surface area (Å²) in [6, 6.07) is 11.3. The van der Waals surface area contributed by atoms with E-state index in [1.807, 2.05) is 61.1 Å². The van der Waals surface area contributed by atoms with Crippen molar-refractivity contribution < 1.29 is 9.90 Å². The zero-order chi connectivity index (χ0) is 14.6. The number of hydrogen-bond acceptors (Lipinski definition) is 2. The van der Waals surface area contributed by atoms with Crippen LogP contribution in [0.4, 0.5) is 0 Å². The standard InChI is InChI=1S/C16H20N2O2/c1-16(2,12-19)11-17-15(20)13-6-5-7-14(10-13)18-8-3-4-9-18/h3-10,19H,11-12H2,1-2H3,(H,17,20). The number of carbonyl (C=O) groups is 1. The average Bonchev–Trinajstić information content (AvgIpc) is 2.99. The second-order valence-electron chi connectivity index (χ2n) is 5.65. The number of aliphatic hydroxyl groups is 1. The van der Waals surface area contributed by atoms with Gasteiger partial charge in [0.1, 0.15) is 0 Å². The molecule has 1 amide bonds. The number of nitrogens with zero attached hydrogens (tertiary/aromatic N) is 1. The molecule has 106 valence electrons. The van der Waals surface area contributed by atoms with Gasteiger partial charge in [0.25, 0.3) is 5.91 Å². The van der Waals surface area contributed by atoms with Gasteiger partial charge in [-0.25, -0.2) is 0 Å². The topological polar surface area (TPSA) is 54.3 Å². The summed E-state index contributed by atoms with van der Waals surface area (Å²) in [5.41, 5.74) is 1.25. The zero-order valence-corrected chi connectivity index (χ0v) is 11.8. The minimum absolute atomic E-state index is 0.0384. The number of nitrogens with one attached hydrogen (secondary N) is 1. The first-order valence-electron chi connectivity index (χ1n) is 6.64. The van der Waals surface area contributed by atoms with Crippen LogP contribution >= 0.6 is 0 Å². The lowest BCUT2D eigenvalue weighted by molar-refractivity contribution is 0.0911. The number of aromatic nitrogens is 1. The SMILES string of the molecule is CC(C)(CO)CNC(=O)c1cccc(-n2cccc2)c1. The van der Waals surface area contributed by atoms with E-state index in [9.17, 15) is 9.90 Å². The first-order chi connectivity index (χ1) is 9.52. The van der Waals surface area contributed by atoms with Crippen LogP contribution < -0.4 is 5.32 Å². The van der Waals surface area contributed by atoms with Crippen LogP contribution in [0.15, 0.2) is 48.8 Å². The van der Waals surface area contributed by atoms with Crippen molar-refractivity contribution in [2.45, 2.75) is 13.8 Å². The van der Waals surface area contributed by atoms with Crippen molar-refractivity contribution in [3.63, 3.8) is 0 Å². The van der Waals surface area contributed by atoms with Crippen LogP contribution in [0.1, 0.15) is 24.2 Å². The van der Waals surface area contributed by atoms with Gasteiger partial charge in [0.05, 0.1) is 0 Å². The molecular weight excluding hydrogens is 252 g/mol. The molecule has 0 spiro atoms. The summed E-state index contributed by atoms with van der Waals surface area (Å²) in [6.07, 6.45) is 3.87. The quantitative estimate of drug-likeness (QED) is 0.877. The predicted octanol–water partition coefficient (Wildman–Crippen LogP) is 2.23. The molecular formula is C16H20N2O2. The van der Waals surface area contributed by atoms with Crippen LogP contribution in [0.5, 0.6) is 0 Å². The molecule has 0 aliphatic rings. The summed E-state index contributed by atoms with van der Waals surface area (Å²) < 4.78 is 1.95. The monoisotopic (exact) mass is 272 g/mol. The minimum atomic E-state index is -0.312. The molecule has 1 heterocycles. The molecule has 1 aromatic heterocycles. The molecule has 2 aromatic rings. The van der Waals surface area contributed by atoms with E-state index in [4.69, 9.17) is 0 Å². The van der Waals surface area contributed by atoms with E-state index >= 15 is 0 Å². The molecule has 0 aliphatic carbocycles. The van der Waals surface area contributed by atoms with Crippen molar-refractivity contribution in [1.29, 1.82) is 0 Å². The minimum Gasteiger partial charge on any atom is -0.396 e. The molecule has 0 saturated carbocycles. The van der Waals surface area contributed by atoms with Crippen LogP contribution in [0.3, 0.4) is 0 Å². The van der Waals surface area contributed by atoms with E-state index in [1.54, 1.807) is 6.07 Å². The number of hydrogen-bond donors (Lipinski definition) is 2. The molecule has 0 radical (unpaired) electrons. The van der Waals surface area contributed by atoms with Crippen LogP contribution in [0, 0.1) is 5.41 Å². The smallest absolute Gasteiger partial charge is 0.251 e. The first kappa shape index (κ1) is 14.3. The molecule has 4 nitrogen and oxygen atoms in total. The molecule has 1 aromatic carbocycles. The lowest BCUT2D eigenvalue weighted by Gasteiger charge is -2.21. The van der Waals surface area contributed by atoms with Gasteiger partial charge in [-0.15, -0.1) is 0 Å².